The quantitative estimate of drug-likeness (QED) is 0.637. The van der Waals surface area contributed by atoms with Gasteiger partial charge in [0.1, 0.15) is 5.69 Å². The van der Waals surface area contributed by atoms with E-state index in [1.807, 2.05) is 0 Å². The first-order valence-corrected chi connectivity index (χ1v) is 6.96. The van der Waals surface area contributed by atoms with Gasteiger partial charge in [-0.2, -0.15) is 13.2 Å². The molecule has 2 rings (SSSR count). The summed E-state index contributed by atoms with van der Waals surface area (Å²) in [6, 6.07) is 1.59. The van der Waals surface area contributed by atoms with Crippen LogP contribution in [0.3, 0.4) is 0 Å². The zero-order valence-electron chi connectivity index (χ0n) is 10.3. The van der Waals surface area contributed by atoms with Crippen molar-refractivity contribution in [3.63, 3.8) is 0 Å². The lowest BCUT2D eigenvalue weighted by Gasteiger charge is -2.17. The average Bonchev–Trinajstić information content (AvgIpc) is 2.34. The number of nitrogens with one attached hydrogen (secondary N) is 1. The Morgan fingerprint density at radius 2 is 1.85 bits per heavy atom. The second kappa shape index (κ2) is 5.24. The van der Waals surface area contributed by atoms with Crippen LogP contribution in [0.25, 0.3) is 10.9 Å². The first-order chi connectivity index (χ1) is 9.18. The third-order valence-electron chi connectivity index (χ3n) is 2.88. The largest absolute Gasteiger partial charge is 0.433 e. The highest BCUT2D eigenvalue weighted by Gasteiger charge is 2.36. The Hall–Kier alpha value is -0.720. The van der Waals surface area contributed by atoms with E-state index in [4.69, 9.17) is 23.2 Å². The van der Waals surface area contributed by atoms with Gasteiger partial charge in [0, 0.05) is 28.2 Å². The molecular formula is C12H8BrCl2F3N2. The Morgan fingerprint density at radius 1 is 1.25 bits per heavy atom. The van der Waals surface area contributed by atoms with Crippen molar-refractivity contribution >= 4 is 55.7 Å². The summed E-state index contributed by atoms with van der Waals surface area (Å²) >= 11 is 15.2. The van der Waals surface area contributed by atoms with Gasteiger partial charge in [-0.15, -0.1) is 0 Å². The number of fused-ring (bicyclic) bond motifs is 1. The highest BCUT2D eigenvalue weighted by atomic mass is 79.9. The first kappa shape index (κ1) is 15.7. The van der Waals surface area contributed by atoms with Crippen LogP contribution in [0.15, 0.2) is 10.5 Å². The summed E-state index contributed by atoms with van der Waals surface area (Å²) in [5.41, 5.74) is -0.629. The molecule has 0 radical (unpaired) electrons. The van der Waals surface area contributed by atoms with Crippen LogP contribution in [-0.2, 0) is 6.18 Å². The van der Waals surface area contributed by atoms with E-state index >= 15 is 0 Å². The lowest BCUT2D eigenvalue weighted by molar-refractivity contribution is -0.141. The highest BCUT2D eigenvalue weighted by Crippen LogP contribution is 2.42. The Bertz CT molecular complexity index is 702. The Kier molecular flexibility index (Phi) is 4.10. The van der Waals surface area contributed by atoms with Crippen LogP contribution in [0.2, 0.25) is 10.0 Å². The Labute approximate surface area is 131 Å². The number of rotatable bonds is 1. The van der Waals surface area contributed by atoms with Crippen molar-refractivity contribution in [1.29, 1.82) is 0 Å². The molecule has 0 fully saturated rings. The summed E-state index contributed by atoms with van der Waals surface area (Å²) in [5.74, 6) is 0. The van der Waals surface area contributed by atoms with Gasteiger partial charge in [-0.1, -0.05) is 23.2 Å². The van der Waals surface area contributed by atoms with Crippen molar-refractivity contribution in [2.45, 2.75) is 13.1 Å². The molecule has 20 heavy (non-hydrogen) atoms. The number of hydrogen-bond acceptors (Lipinski definition) is 2. The maximum absolute atomic E-state index is 13.0. The van der Waals surface area contributed by atoms with E-state index in [2.05, 4.69) is 26.2 Å². The predicted octanol–water partition coefficient (Wildman–Crippen LogP) is 5.67. The number of alkyl halides is 3. The summed E-state index contributed by atoms with van der Waals surface area (Å²) in [5, 5.41) is 3.35. The lowest BCUT2D eigenvalue weighted by atomic mass is 10.1. The molecule has 0 saturated carbocycles. The normalized spacial score (nSPS) is 12.0. The lowest BCUT2D eigenvalue weighted by Crippen LogP contribution is -2.12. The van der Waals surface area contributed by atoms with E-state index in [0.29, 0.717) is 15.5 Å². The highest BCUT2D eigenvalue weighted by molar-refractivity contribution is 9.10. The van der Waals surface area contributed by atoms with Crippen molar-refractivity contribution in [2.24, 2.45) is 0 Å². The number of halogens is 6. The van der Waals surface area contributed by atoms with E-state index < -0.39 is 11.9 Å². The average molecular weight is 388 g/mol. The fourth-order valence-corrected chi connectivity index (χ4v) is 2.93. The van der Waals surface area contributed by atoms with Crippen LogP contribution < -0.4 is 5.32 Å². The predicted molar refractivity (Wildman–Crippen MR) is 78.7 cm³/mol. The summed E-state index contributed by atoms with van der Waals surface area (Å²) < 4.78 is 39.6. The zero-order valence-corrected chi connectivity index (χ0v) is 13.4. The maximum atomic E-state index is 13.0. The molecule has 1 N–H and O–H groups in total. The standard InChI is InChI=1S/C12H8BrCl2F3N2/c1-4-9(19-2)5-3-6(13)7(14)8(15)10(5)20-11(4)12(16,17)18/h3H,1-2H3,(H,19,20). The van der Waals surface area contributed by atoms with Crippen molar-refractivity contribution in [3.05, 3.63) is 31.8 Å². The van der Waals surface area contributed by atoms with Gasteiger partial charge in [0.25, 0.3) is 0 Å². The smallest absolute Gasteiger partial charge is 0.387 e. The number of anilines is 1. The Morgan fingerprint density at radius 3 is 2.35 bits per heavy atom. The van der Waals surface area contributed by atoms with Gasteiger partial charge in [-0.05, 0) is 28.9 Å². The van der Waals surface area contributed by atoms with Crippen LogP contribution in [0.1, 0.15) is 11.3 Å². The molecule has 0 spiro atoms. The SMILES string of the molecule is CNc1c(C)c(C(F)(F)F)nc2c(Cl)c(Cl)c(Br)cc12. The zero-order chi connectivity index (χ0) is 15.2. The minimum atomic E-state index is -4.56. The number of nitrogens with zero attached hydrogens (tertiary/aromatic N) is 1. The molecule has 2 aromatic rings. The van der Waals surface area contributed by atoms with Crippen molar-refractivity contribution in [3.8, 4) is 0 Å². The van der Waals surface area contributed by atoms with Crippen molar-refractivity contribution < 1.29 is 13.2 Å². The van der Waals surface area contributed by atoms with E-state index in [1.54, 1.807) is 13.1 Å². The van der Waals surface area contributed by atoms with Gasteiger partial charge >= 0.3 is 6.18 Å². The summed E-state index contributed by atoms with van der Waals surface area (Å²) in [4.78, 5) is 3.65. The maximum Gasteiger partial charge on any atom is 0.433 e. The fourth-order valence-electron chi connectivity index (χ4n) is 2.00. The molecule has 0 atom stereocenters. The molecular weight excluding hydrogens is 380 g/mol. The van der Waals surface area contributed by atoms with Crippen LogP contribution in [0.4, 0.5) is 18.9 Å². The number of hydrogen-bond donors (Lipinski definition) is 1. The summed E-state index contributed by atoms with van der Waals surface area (Å²) in [6.07, 6.45) is -4.56. The van der Waals surface area contributed by atoms with Crippen LogP contribution in [-0.4, -0.2) is 12.0 Å². The molecule has 0 aliphatic rings. The van der Waals surface area contributed by atoms with Gasteiger partial charge in [0.15, 0.2) is 0 Å². The van der Waals surface area contributed by atoms with E-state index in [-0.39, 0.29) is 21.1 Å². The summed E-state index contributed by atoms with van der Waals surface area (Å²) in [6.45, 7) is 1.36. The summed E-state index contributed by atoms with van der Waals surface area (Å²) in [7, 11) is 1.54. The number of benzene rings is 1. The molecule has 0 bridgehead atoms. The third kappa shape index (κ3) is 2.44. The molecule has 108 valence electrons. The Balaban J connectivity index is 3.00. The molecule has 0 aliphatic carbocycles. The molecule has 1 aromatic heterocycles. The fraction of sp³-hybridized carbons (Fsp3) is 0.250. The van der Waals surface area contributed by atoms with Gasteiger partial charge in [0.2, 0.25) is 0 Å². The van der Waals surface area contributed by atoms with Crippen LogP contribution in [0.5, 0.6) is 0 Å². The minimum Gasteiger partial charge on any atom is -0.387 e. The van der Waals surface area contributed by atoms with Crippen LogP contribution in [0, 0.1) is 6.92 Å². The number of pyridine rings is 1. The monoisotopic (exact) mass is 386 g/mol. The molecule has 0 amide bonds. The van der Waals surface area contributed by atoms with E-state index in [0.717, 1.165) is 0 Å². The van der Waals surface area contributed by atoms with Gasteiger partial charge in [-0.25, -0.2) is 4.98 Å². The molecule has 0 aliphatic heterocycles. The van der Waals surface area contributed by atoms with Gasteiger partial charge in [-0.3, -0.25) is 0 Å². The molecule has 0 saturated heterocycles. The van der Waals surface area contributed by atoms with Crippen molar-refractivity contribution in [1.82, 2.24) is 4.98 Å². The van der Waals surface area contributed by atoms with E-state index in [9.17, 15) is 13.2 Å². The van der Waals surface area contributed by atoms with Gasteiger partial charge < -0.3 is 5.32 Å². The second-order valence-electron chi connectivity index (χ2n) is 4.09. The van der Waals surface area contributed by atoms with Crippen LogP contribution >= 0.6 is 39.1 Å². The minimum absolute atomic E-state index is 0.0118. The molecule has 2 nitrogen and oxygen atoms in total. The van der Waals surface area contributed by atoms with Crippen molar-refractivity contribution in [2.75, 3.05) is 12.4 Å². The topological polar surface area (TPSA) is 24.9 Å². The number of aromatic nitrogens is 1. The molecule has 1 aromatic carbocycles. The molecule has 1 heterocycles. The second-order valence-corrected chi connectivity index (χ2v) is 5.70. The van der Waals surface area contributed by atoms with E-state index in [1.165, 1.54) is 6.92 Å². The molecule has 8 heteroatoms. The third-order valence-corrected chi connectivity index (χ3v) is 4.59. The van der Waals surface area contributed by atoms with Gasteiger partial charge in [0.05, 0.1) is 15.6 Å². The molecule has 0 unspecified atom stereocenters. The first-order valence-electron chi connectivity index (χ1n) is 5.41.